The van der Waals surface area contributed by atoms with Crippen LogP contribution in [0.4, 0.5) is 0 Å². The van der Waals surface area contributed by atoms with E-state index in [1.807, 2.05) is 0 Å². The molecule has 0 aliphatic carbocycles. The lowest BCUT2D eigenvalue weighted by Gasteiger charge is -2.01. The molecule has 0 aliphatic heterocycles. The molecule has 0 aromatic carbocycles. The van der Waals surface area contributed by atoms with Crippen LogP contribution < -0.4 is 4.65 Å². The molecule has 0 amide bonds. The van der Waals surface area contributed by atoms with Crippen LogP contribution in [0.25, 0.3) is 0 Å². The molecule has 1 aromatic rings. The van der Waals surface area contributed by atoms with Crippen LogP contribution in [0.1, 0.15) is 5.69 Å². The van der Waals surface area contributed by atoms with Crippen LogP contribution in [-0.4, -0.2) is 17.7 Å². The van der Waals surface area contributed by atoms with Crippen molar-refractivity contribution in [3.8, 4) is 5.75 Å². The highest BCUT2D eigenvalue weighted by molar-refractivity contribution is 6.17. The van der Waals surface area contributed by atoms with Crippen LogP contribution in [0.2, 0.25) is 0 Å². The summed E-state index contributed by atoms with van der Waals surface area (Å²) >= 11 is 0. The minimum atomic E-state index is 0.574. The van der Waals surface area contributed by atoms with Crippen molar-refractivity contribution in [2.24, 2.45) is 0 Å². The van der Waals surface area contributed by atoms with Crippen LogP contribution >= 0.6 is 0 Å². The fraction of sp³-hybridized carbons (Fsp3) is 0.167. The van der Waals surface area contributed by atoms with E-state index >= 15 is 0 Å². The maximum Gasteiger partial charge on any atom is 0.569 e. The van der Waals surface area contributed by atoms with Gasteiger partial charge in [0.2, 0.25) is 0 Å². The number of aromatic nitrogens is 1. The average molecular weight is 136 g/mol. The van der Waals surface area contributed by atoms with E-state index in [-0.39, 0.29) is 0 Å². The smallest absolute Gasteiger partial charge is 0.536 e. The van der Waals surface area contributed by atoms with Gasteiger partial charge < -0.3 is 9.68 Å². The second-order valence-electron chi connectivity index (χ2n) is 1.81. The summed E-state index contributed by atoms with van der Waals surface area (Å²) in [6, 6.07) is 3.47. The van der Waals surface area contributed by atoms with E-state index in [0.717, 1.165) is 5.69 Å². The summed E-state index contributed by atoms with van der Waals surface area (Å²) in [5.74, 6) is 0.574. The number of nitrogens with zero attached hydrogens (tertiary/aromatic N) is 1. The van der Waals surface area contributed by atoms with Crippen molar-refractivity contribution in [1.82, 2.24) is 4.98 Å². The molecule has 0 atom stereocenters. The predicted octanol–water partition coefficient (Wildman–Crippen LogP) is 0.295. The molecule has 1 radical (unpaired) electrons. The molecule has 1 heterocycles. The van der Waals surface area contributed by atoms with Gasteiger partial charge in [0.25, 0.3) is 0 Å². The zero-order valence-corrected chi connectivity index (χ0v) is 5.61. The standard InChI is InChI=1S/C6H7BNO2/c1-5-6(10-7-9)3-2-4-8-5/h2-4,9H,1H3. The molecule has 0 saturated carbocycles. The van der Waals surface area contributed by atoms with E-state index in [4.69, 9.17) is 9.68 Å². The molecule has 1 aromatic heterocycles. The number of pyridine rings is 1. The molecule has 0 spiro atoms. The lowest BCUT2D eigenvalue weighted by atomic mass is 10.3. The SMILES string of the molecule is Cc1ncccc1O[B]O. The Morgan fingerprint density at radius 1 is 1.70 bits per heavy atom. The maximum atomic E-state index is 8.27. The molecule has 0 fully saturated rings. The Morgan fingerprint density at radius 2 is 2.50 bits per heavy atom. The zero-order chi connectivity index (χ0) is 7.40. The van der Waals surface area contributed by atoms with Crippen LogP contribution in [-0.2, 0) is 0 Å². The number of hydrogen-bond acceptors (Lipinski definition) is 3. The Kier molecular flexibility index (Phi) is 2.28. The molecule has 1 N–H and O–H groups in total. The van der Waals surface area contributed by atoms with Gasteiger partial charge in [-0.05, 0) is 19.1 Å². The van der Waals surface area contributed by atoms with Gasteiger partial charge in [0, 0.05) is 6.20 Å². The highest BCUT2D eigenvalue weighted by atomic mass is 16.5. The molecule has 0 aliphatic rings. The molecule has 51 valence electrons. The van der Waals surface area contributed by atoms with Crippen LogP contribution in [0.3, 0.4) is 0 Å². The molecule has 0 saturated heterocycles. The van der Waals surface area contributed by atoms with Gasteiger partial charge in [0.1, 0.15) is 5.75 Å². The zero-order valence-electron chi connectivity index (χ0n) is 5.61. The lowest BCUT2D eigenvalue weighted by Crippen LogP contribution is -2.01. The van der Waals surface area contributed by atoms with E-state index in [0.29, 0.717) is 13.4 Å². The van der Waals surface area contributed by atoms with Gasteiger partial charge in [0.15, 0.2) is 0 Å². The van der Waals surface area contributed by atoms with Gasteiger partial charge in [-0.1, -0.05) is 0 Å². The number of hydrogen-bond donors (Lipinski definition) is 1. The number of rotatable bonds is 2. The Balaban J connectivity index is 2.81. The third-order valence-corrected chi connectivity index (χ3v) is 1.14. The van der Waals surface area contributed by atoms with Crippen LogP contribution in [0.5, 0.6) is 5.75 Å². The normalized spacial score (nSPS) is 9.00. The minimum absolute atomic E-state index is 0.574. The predicted molar refractivity (Wildman–Crippen MR) is 37.6 cm³/mol. The molecule has 1 rings (SSSR count). The van der Waals surface area contributed by atoms with Crippen molar-refractivity contribution in [1.29, 1.82) is 0 Å². The van der Waals surface area contributed by atoms with E-state index in [1.165, 1.54) is 0 Å². The topological polar surface area (TPSA) is 42.4 Å². The summed E-state index contributed by atoms with van der Waals surface area (Å²) in [6.07, 6.45) is 1.67. The molecule has 4 heteroatoms. The first-order valence-electron chi connectivity index (χ1n) is 2.89. The molecular formula is C6H7BNO2. The second-order valence-corrected chi connectivity index (χ2v) is 1.81. The van der Waals surface area contributed by atoms with Gasteiger partial charge in [0.05, 0.1) is 5.69 Å². The Labute approximate surface area is 60.0 Å². The number of aryl methyl sites for hydroxylation is 1. The summed E-state index contributed by atoms with van der Waals surface area (Å²) in [5.41, 5.74) is 0.757. The average Bonchev–Trinajstić information content (AvgIpc) is 1.94. The fourth-order valence-corrected chi connectivity index (χ4v) is 0.651. The largest absolute Gasteiger partial charge is 0.569 e. The third kappa shape index (κ3) is 1.48. The quantitative estimate of drug-likeness (QED) is 0.594. The van der Waals surface area contributed by atoms with Gasteiger partial charge in [-0.3, -0.25) is 4.98 Å². The van der Waals surface area contributed by atoms with E-state index in [9.17, 15) is 0 Å². The Morgan fingerprint density at radius 3 is 3.10 bits per heavy atom. The van der Waals surface area contributed by atoms with Gasteiger partial charge in [-0.2, -0.15) is 0 Å². The summed E-state index contributed by atoms with van der Waals surface area (Å²) in [6.45, 7) is 1.80. The third-order valence-electron chi connectivity index (χ3n) is 1.14. The van der Waals surface area contributed by atoms with Crippen molar-refractivity contribution in [2.45, 2.75) is 6.92 Å². The fourth-order valence-electron chi connectivity index (χ4n) is 0.651. The summed E-state index contributed by atoms with van der Waals surface area (Å²) in [5, 5.41) is 8.27. The lowest BCUT2D eigenvalue weighted by molar-refractivity contribution is 0.450. The molecule has 10 heavy (non-hydrogen) atoms. The van der Waals surface area contributed by atoms with Crippen molar-refractivity contribution < 1.29 is 9.68 Å². The molecular weight excluding hydrogens is 129 g/mol. The summed E-state index contributed by atoms with van der Waals surface area (Å²) in [4.78, 5) is 3.94. The first-order valence-corrected chi connectivity index (χ1v) is 2.89. The molecule has 3 nitrogen and oxygen atoms in total. The van der Waals surface area contributed by atoms with Gasteiger partial charge in [-0.25, -0.2) is 0 Å². The van der Waals surface area contributed by atoms with E-state index in [2.05, 4.69) is 4.98 Å². The Hall–Kier alpha value is -1.03. The van der Waals surface area contributed by atoms with Crippen molar-refractivity contribution in [2.75, 3.05) is 0 Å². The highest BCUT2D eigenvalue weighted by Gasteiger charge is 1.97. The summed E-state index contributed by atoms with van der Waals surface area (Å²) < 4.78 is 4.70. The molecule has 0 unspecified atom stereocenters. The van der Waals surface area contributed by atoms with Crippen LogP contribution in [0.15, 0.2) is 18.3 Å². The van der Waals surface area contributed by atoms with Gasteiger partial charge >= 0.3 is 7.69 Å². The van der Waals surface area contributed by atoms with Crippen molar-refractivity contribution in [3.63, 3.8) is 0 Å². The second kappa shape index (κ2) is 3.22. The van der Waals surface area contributed by atoms with E-state index in [1.54, 1.807) is 25.3 Å². The minimum Gasteiger partial charge on any atom is -0.536 e. The van der Waals surface area contributed by atoms with Crippen molar-refractivity contribution >= 4 is 7.69 Å². The highest BCUT2D eigenvalue weighted by Crippen LogP contribution is 2.11. The first kappa shape index (κ1) is 7.09. The van der Waals surface area contributed by atoms with Crippen LogP contribution in [0, 0.1) is 6.92 Å². The molecule has 0 bridgehead atoms. The maximum absolute atomic E-state index is 8.27. The summed E-state index contributed by atoms with van der Waals surface area (Å²) in [7, 11) is 0.643. The van der Waals surface area contributed by atoms with Crippen molar-refractivity contribution in [3.05, 3.63) is 24.0 Å². The first-order chi connectivity index (χ1) is 4.84. The Bertz CT molecular complexity index is 217. The monoisotopic (exact) mass is 136 g/mol. The van der Waals surface area contributed by atoms with Gasteiger partial charge in [-0.15, -0.1) is 0 Å². The van der Waals surface area contributed by atoms with E-state index < -0.39 is 0 Å².